The second-order valence-corrected chi connectivity index (χ2v) is 4.02. The van der Waals surface area contributed by atoms with E-state index < -0.39 is 11.9 Å². The average molecular weight is 290 g/mol. The standard InChI is InChI=1S/C15H9F3N2O/c1-3-10-4-6-13(12(8-10)19-2)21-11-5-7-14(20-9-11)15(16,17)18/h3-9H,1H2. The Morgan fingerprint density at radius 2 is 2.00 bits per heavy atom. The monoisotopic (exact) mass is 290 g/mol. The van der Waals surface area contributed by atoms with Gasteiger partial charge in [-0.3, -0.25) is 0 Å². The molecule has 1 heterocycles. The summed E-state index contributed by atoms with van der Waals surface area (Å²) in [4.78, 5) is 6.60. The number of aromatic nitrogens is 1. The predicted molar refractivity (Wildman–Crippen MR) is 72.1 cm³/mol. The first kappa shape index (κ1) is 14.6. The molecule has 0 saturated carbocycles. The van der Waals surface area contributed by atoms with E-state index in [1.807, 2.05) is 0 Å². The van der Waals surface area contributed by atoms with Gasteiger partial charge in [0.1, 0.15) is 17.2 Å². The van der Waals surface area contributed by atoms with Gasteiger partial charge in [-0.1, -0.05) is 18.7 Å². The number of rotatable bonds is 3. The van der Waals surface area contributed by atoms with Gasteiger partial charge in [-0.05, 0) is 29.8 Å². The van der Waals surface area contributed by atoms with Gasteiger partial charge < -0.3 is 4.74 Å². The van der Waals surface area contributed by atoms with Crippen LogP contribution in [-0.4, -0.2) is 4.98 Å². The lowest BCUT2D eigenvalue weighted by Crippen LogP contribution is -2.07. The molecule has 3 nitrogen and oxygen atoms in total. The molecule has 1 aromatic heterocycles. The van der Waals surface area contributed by atoms with Crippen LogP contribution >= 0.6 is 0 Å². The number of nitrogens with zero attached hydrogens (tertiary/aromatic N) is 2. The van der Waals surface area contributed by atoms with E-state index in [1.54, 1.807) is 24.3 Å². The van der Waals surface area contributed by atoms with Crippen molar-refractivity contribution in [1.29, 1.82) is 0 Å². The maximum atomic E-state index is 12.4. The summed E-state index contributed by atoms with van der Waals surface area (Å²) in [7, 11) is 0. The molecule has 0 amide bonds. The molecule has 1 aromatic carbocycles. The normalized spacial score (nSPS) is 10.8. The van der Waals surface area contributed by atoms with Gasteiger partial charge in [-0.15, -0.1) is 0 Å². The lowest BCUT2D eigenvalue weighted by atomic mass is 10.2. The lowest BCUT2D eigenvalue weighted by molar-refractivity contribution is -0.141. The molecule has 106 valence electrons. The summed E-state index contributed by atoms with van der Waals surface area (Å²) in [5.41, 5.74) is -0.00606. The first-order valence-electron chi connectivity index (χ1n) is 5.79. The minimum atomic E-state index is -4.49. The van der Waals surface area contributed by atoms with E-state index >= 15 is 0 Å². The molecule has 0 bridgehead atoms. The SMILES string of the molecule is [C-]#[N+]c1cc(C=C)ccc1Oc1ccc(C(F)(F)F)nc1. The van der Waals surface area contributed by atoms with Crippen molar-refractivity contribution < 1.29 is 17.9 Å². The predicted octanol–water partition coefficient (Wildman–Crippen LogP) is 5.09. The van der Waals surface area contributed by atoms with E-state index in [9.17, 15) is 13.2 Å². The molecule has 0 aliphatic carbocycles. The van der Waals surface area contributed by atoms with Crippen LogP contribution in [0, 0.1) is 6.57 Å². The van der Waals surface area contributed by atoms with Crippen LogP contribution in [0.5, 0.6) is 11.5 Å². The molecular weight excluding hydrogens is 281 g/mol. The Kier molecular flexibility index (Phi) is 3.94. The summed E-state index contributed by atoms with van der Waals surface area (Å²) in [5.74, 6) is 0.372. The largest absolute Gasteiger partial charge is 0.467 e. The van der Waals surface area contributed by atoms with Crippen LogP contribution in [0.2, 0.25) is 0 Å². The Morgan fingerprint density at radius 1 is 1.24 bits per heavy atom. The molecule has 0 N–H and O–H groups in total. The Bertz CT molecular complexity index is 700. The Labute approximate surface area is 119 Å². The second-order valence-electron chi connectivity index (χ2n) is 4.02. The highest BCUT2D eigenvalue weighted by molar-refractivity contribution is 5.64. The van der Waals surface area contributed by atoms with E-state index in [4.69, 9.17) is 11.3 Å². The molecule has 2 rings (SSSR count). The van der Waals surface area contributed by atoms with Crippen LogP contribution in [0.4, 0.5) is 18.9 Å². The topological polar surface area (TPSA) is 26.5 Å². The van der Waals surface area contributed by atoms with Crippen LogP contribution < -0.4 is 4.74 Å². The first-order valence-corrected chi connectivity index (χ1v) is 5.79. The van der Waals surface area contributed by atoms with Crippen LogP contribution in [0.1, 0.15) is 11.3 Å². The smallest absolute Gasteiger partial charge is 0.433 e. The number of pyridine rings is 1. The van der Waals surface area contributed by atoms with Crippen LogP contribution in [-0.2, 0) is 6.18 Å². The molecule has 0 radical (unpaired) electrons. The fourth-order valence-electron chi connectivity index (χ4n) is 1.57. The van der Waals surface area contributed by atoms with Crippen LogP contribution in [0.15, 0.2) is 43.1 Å². The van der Waals surface area contributed by atoms with E-state index in [2.05, 4.69) is 16.4 Å². The number of halogens is 3. The molecule has 0 saturated heterocycles. The summed E-state index contributed by atoms with van der Waals surface area (Å²) in [6.07, 6.45) is -1.94. The fraction of sp³-hybridized carbons (Fsp3) is 0.0667. The summed E-state index contributed by atoms with van der Waals surface area (Å²) >= 11 is 0. The minimum absolute atomic E-state index is 0.124. The molecular formula is C15H9F3N2O. The second kappa shape index (κ2) is 5.67. The van der Waals surface area contributed by atoms with Gasteiger partial charge >= 0.3 is 6.18 Å². The summed E-state index contributed by atoms with van der Waals surface area (Å²) in [6, 6.07) is 6.80. The summed E-state index contributed by atoms with van der Waals surface area (Å²) in [6.45, 7) is 10.7. The Morgan fingerprint density at radius 3 is 2.52 bits per heavy atom. The number of alkyl halides is 3. The van der Waals surface area contributed by atoms with Crippen LogP contribution in [0.3, 0.4) is 0 Å². The Hall–Kier alpha value is -2.81. The van der Waals surface area contributed by atoms with Gasteiger partial charge in [-0.25, -0.2) is 9.83 Å². The van der Waals surface area contributed by atoms with E-state index in [0.717, 1.165) is 23.9 Å². The summed E-state index contributed by atoms with van der Waals surface area (Å²) < 4.78 is 42.6. The molecule has 21 heavy (non-hydrogen) atoms. The molecule has 0 atom stereocenters. The van der Waals surface area contributed by atoms with Crippen molar-refractivity contribution in [2.45, 2.75) is 6.18 Å². The van der Waals surface area contributed by atoms with Gasteiger partial charge in [0.05, 0.1) is 12.8 Å². The van der Waals surface area contributed by atoms with Crippen molar-refractivity contribution in [3.05, 3.63) is 65.8 Å². The molecule has 0 aliphatic heterocycles. The van der Waals surface area contributed by atoms with Crippen LogP contribution in [0.25, 0.3) is 10.9 Å². The maximum Gasteiger partial charge on any atom is 0.433 e. The third-order valence-corrected chi connectivity index (χ3v) is 2.59. The van der Waals surface area contributed by atoms with Gasteiger partial charge in [0.15, 0.2) is 0 Å². The molecule has 0 spiro atoms. The number of hydrogen-bond donors (Lipinski definition) is 0. The highest BCUT2D eigenvalue weighted by Crippen LogP contribution is 2.34. The number of benzene rings is 1. The van der Waals surface area contributed by atoms with Crippen molar-refractivity contribution in [3.8, 4) is 11.5 Å². The number of ether oxygens (including phenoxy) is 1. The van der Waals surface area contributed by atoms with E-state index in [0.29, 0.717) is 0 Å². The minimum Gasteiger partial charge on any atom is -0.467 e. The lowest BCUT2D eigenvalue weighted by Gasteiger charge is -2.09. The maximum absolute atomic E-state index is 12.4. The summed E-state index contributed by atoms with van der Waals surface area (Å²) in [5, 5.41) is 0. The highest BCUT2D eigenvalue weighted by atomic mass is 19.4. The van der Waals surface area contributed by atoms with Crippen molar-refractivity contribution in [2.24, 2.45) is 0 Å². The van der Waals surface area contributed by atoms with Gasteiger partial charge in [0, 0.05) is 0 Å². The molecule has 0 fully saturated rings. The first-order chi connectivity index (χ1) is 9.94. The zero-order chi connectivity index (χ0) is 15.5. The zero-order valence-electron chi connectivity index (χ0n) is 10.7. The van der Waals surface area contributed by atoms with Crippen molar-refractivity contribution >= 4 is 11.8 Å². The molecule has 0 unspecified atom stereocenters. The van der Waals surface area contributed by atoms with Crippen molar-refractivity contribution in [3.63, 3.8) is 0 Å². The van der Waals surface area contributed by atoms with Crippen molar-refractivity contribution in [2.75, 3.05) is 0 Å². The average Bonchev–Trinajstić information content (AvgIpc) is 2.47. The van der Waals surface area contributed by atoms with Crippen molar-refractivity contribution in [1.82, 2.24) is 4.98 Å². The molecule has 2 aromatic rings. The molecule has 6 heteroatoms. The highest BCUT2D eigenvalue weighted by Gasteiger charge is 2.32. The zero-order valence-corrected chi connectivity index (χ0v) is 10.7. The number of hydrogen-bond acceptors (Lipinski definition) is 2. The van der Waals surface area contributed by atoms with E-state index in [1.165, 1.54) is 0 Å². The van der Waals surface area contributed by atoms with Gasteiger partial charge in [0.2, 0.25) is 5.69 Å². The quantitative estimate of drug-likeness (QED) is 0.736. The fourth-order valence-corrected chi connectivity index (χ4v) is 1.57. The van der Waals surface area contributed by atoms with E-state index in [-0.39, 0.29) is 17.2 Å². The van der Waals surface area contributed by atoms with Gasteiger partial charge in [0.25, 0.3) is 0 Å². The Balaban J connectivity index is 2.26. The molecule has 0 aliphatic rings. The third kappa shape index (κ3) is 3.39. The van der Waals surface area contributed by atoms with Gasteiger partial charge in [-0.2, -0.15) is 13.2 Å². The third-order valence-electron chi connectivity index (χ3n) is 2.59.